The Labute approximate surface area is 122 Å². The highest BCUT2D eigenvalue weighted by atomic mass is 16.5. The van der Waals surface area contributed by atoms with Gasteiger partial charge in [-0.05, 0) is 25.5 Å². The highest BCUT2D eigenvalue weighted by Gasteiger charge is 2.10. The first-order chi connectivity index (χ1) is 10.1. The van der Waals surface area contributed by atoms with E-state index in [1.54, 1.807) is 13.0 Å². The third-order valence-electron chi connectivity index (χ3n) is 2.39. The molecule has 0 amide bonds. The van der Waals surface area contributed by atoms with Crippen LogP contribution in [0.25, 0.3) is 0 Å². The van der Waals surface area contributed by atoms with Crippen LogP contribution in [0, 0.1) is 0 Å². The maximum absolute atomic E-state index is 11.5. The van der Waals surface area contributed by atoms with Crippen molar-refractivity contribution in [2.24, 2.45) is 0 Å². The number of hydrogen-bond donors (Lipinski definition) is 1. The van der Waals surface area contributed by atoms with Crippen LogP contribution in [0.4, 0.5) is 0 Å². The average molecular weight is 294 g/mol. The maximum Gasteiger partial charge on any atom is 0.336 e. The van der Waals surface area contributed by atoms with Gasteiger partial charge in [-0.2, -0.15) is 0 Å². The van der Waals surface area contributed by atoms with E-state index in [0.29, 0.717) is 12.9 Å². The van der Waals surface area contributed by atoms with E-state index in [4.69, 9.17) is 14.2 Å². The van der Waals surface area contributed by atoms with Crippen molar-refractivity contribution in [1.29, 1.82) is 0 Å². The summed E-state index contributed by atoms with van der Waals surface area (Å²) in [6.45, 7) is 3.60. The fourth-order valence-electron chi connectivity index (χ4n) is 1.35. The summed E-state index contributed by atoms with van der Waals surface area (Å²) in [5.41, 5.74) is 0.266. The van der Waals surface area contributed by atoms with Crippen LogP contribution in [0.5, 0.6) is 17.2 Å². The monoisotopic (exact) mass is 294 g/mol. The van der Waals surface area contributed by atoms with Crippen LogP contribution in [-0.2, 0) is 14.3 Å². The lowest BCUT2D eigenvalue weighted by Gasteiger charge is -2.09. The first-order valence-corrected chi connectivity index (χ1v) is 6.49. The molecule has 6 nitrogen and oxygen atoms in total. The zero-order valence-corrected chi connectivity index (χ0v) is 12.0. The second-order valence-electron chi connectivity index (χ2n) is 4.14. The van der Waals surface area contributed by atoms with E-state index < -0.39 is 5.97 Å². The standard InChI is InChI=1S/C15H18O6/c1-3-8-20-15(18)11(2)10-21-13-6-4-5-12(14(13)17)19-9-7-16/h4-7,10,17H,3,8-9H2,1-2H3/b11-10+. The topological polar surface area (TPSA) is 82.1 Å². The van der Waals surface area contributed by atoms with Crippen LogP contribution in [0.1, 0.15) is 20.3 Å². The lowest BCUT2D eigenvalue weighted by molar-refractivity contribution is -0.139. The van der Waals surface area contributed by atoms with Crippen LogP contribution in [-0.4, -0.2) is 30.6 Å². The molecule has 0 heterocycles. The Bertz CT molecular complexity index is 521. The molecule has 0 aliphatic carbocycles. The molecule has 0 saturated heterocycles. The molecule has 0 saturated carbocycles. The van der Waals surface area contributed by atoms with Gasteiger partial charge in [-0.3, -0.25) is 4.79 Å². The Morgan fingerprint density at radius 1 is 1.33 bits per heavy atom. The summed E-state index contributed by atoms with van der Waals surface area (Å²) in [4.78, 5) is 21.8. The van der Waals surface area contributed by atoms with Crippen LogP contribution in [0.2, 0.25) is 0 Å². The first-order valence-electron chi connectivity index (χ1n) is 6.49. The highest BCUT2D eigenvalue weighted by Crippen LogP contribution is 2.35. The van der Waals surface area contributed by atoms with Gasteiger partial charge in [0.25, 0.3) is 0 Å². The van der Waals surface area contributed by atoms with Crippen LogP contribution < -0.4 is 9.47 Å². The number of rotatable bonds is 8. The van der Waals surface area contributed by atoms with Gasteiger partial charge in [0.2, 0.25) is 5.75 Å². The van der Waals surface area contributed by atoms with Gasteiger partial charge in [-0.15, -0.1) is 0 Å². The van der Waals surface area contributed by atoms with Crippen molar-refractivity contribution >= 4 is 12.3 Å². The minimum Gasteiger partial charge on any atom is -0.502 e. The van der Waals surface area contributed by atoms with Gasteiger partial charge in [-0.25, -0.2) is 4.79 Å². The van der Waals surface area contributed by atoms with Gasteiger partial charge >= 0.3 is 5.97 Å². The Balaban J connectivity index is 2.74. The van der Waals surface area contributed by atoms with E-state index in [2.05, 4.69) is 0 Å². The van der Waals surface area contributed by atoms with E-state index in [1.165, 1.54) is 18.4 Å². The molecule has 1 aromatic rings. The molecule has 0 atom stereocenters. The molecule has 0 bridgehead atoms. The molecular formula is C15H18O6. The van der Waals surface area contributed by atoms with Crippen LogP contribution >= 0.6 is 0 Å². The second-order valence-corrected chi connectivity index (χ2v) is 4.14. The summed E-state index contributed by atoms with van der Waals surface area (Å²) >= 11 is 0. The molecule has 0 aromatic heterocycles. The molecule has 1 aromatic carbocycles. The SMILES string of the molecule is CCCOC(=O)/C(C)=C/Oc1cccc(OCC=O)c1O. The molecule has 0 aliphatic rings. The van der Waals surface area contributed by atoms with Crippen molar-refractivity contribution in [3.63, 3.8) is 0 Å². The van der Waals surface area contributed by atoms with Gasteiger partial charge in [0.1, 0.15) is 12.9 Å². The van der Waals surface area contributed by atoms with Crippen molar-refractivity contribution in [2.45, 2.75) is 20.3 Å². The van der Waals surface area contributed by atoms with E-state index in [-0.39, 0.29) is 29.4 Å². The number of para-hydroxylation sites is 1. The molecular weight excluding hydrogens is 276 g/mol. The van der Waals surface area contributed by atoms with Crippen molar-refractivity contribution in [1.82, 2.24) is 0 Å². The normalized spacial score (nSPS) is 10.9. The van der Waals surface area contributed by atoms with Crippen molar-refractivity contribution in [3.05, 3.63) is 30.0 Å². The number of benzene rings is 1. The Morgan fingerprint density at radius 2 is 2.05 bits per heavy atom. The molecule has 0 spiro atoms. The van der Waals surface area contributed by atoms with Crippen molar-refractivity contribution < 1.29 is 28.9 Å². The minimum absolute atomic E-state index is 0.112. The molecule has 0 unspecified atom stereocenters. The number of carbonyl (C=O) groups is 2. The summed E-state index contributed by atoms with van der Waals surface area (Å²) < 4.78 is 15.2. The molecule has 6 heteroatoms. The number of phenolic OH excluding ortho intramolecular Hbond substituents is 1. The Kier molecular flexibility index (Phi) is 6.80. The number of phenols is 1. The van der Waals surface area contributed by atoms with Gasteiger partial charge in [0.15, 0.2) is 17.8 Å². The fraction of sp³-hybridized carbons (Fsp3) is 0.333. The molecule has 1 rings (SSSR count). The number of hydrogen-bond acceptors (Lipinski definition) is 6. The highest BCUT2D eigenvalue weighted by molar-refractivity contribution is 5.87. The zero-order valence-electron chi connectivity index (χ0n) is 12.0. The van der Waals surface area contributed by atoms with Crippen LogP contribution in [0.15, 0.2) is 30.0 Å². The predicted octanol–water partition coefficient (Wildman–Crippen LogP) is 2.21. The van der Waals surface area contributed by atoms with E-state index in [9.17, 15) is 14.7 Å². The summed E-state index contributed by atoms with van der Waals surface area (Å²) in [5, 5.41) is 9.90. The largest absolute Gasteiger partial charge is 0.502 e. The van der Waals surface area contributed by atoms with Gasteiger partial charge in [0.05, 0.1) is 12.2 Å². The van der Waals surface area contributed by atoms with Gasteiger partial charge < -0.3 is 19.3 Å². The third kappa shape index (κ3) is 5.18. The summed E-state index contributed by atoms with van der Waals surface area (Å²) in [7, 11) is 0. The quantitative estimate of drug-likeness (QED) is 0.342. The smallest absolute Gasteiger partial charge is 0.336 e. The lowest BCUT2D eigenvalue weighted by Crippen LogP contribution is -2.07. The molecule has 114 valence electrons. The molecule has 0 radical (unpaired) electrons. The molecule has 0 aliphatic heterocycles. The second kappa shape index (κ2) is 8.63. The number of aromatic hydroxyl groups is 1. The van der Waals surface area contributed by atoms with Crippen molar-refractivity contribution in [2.75, 3.05) is 13.2 Å². The van der Waals surface area contributed by atoms with Crippen molar-refractivity contribution in [3.8, 4) is 17.2 Å². The summed E-state index contributed by atoms with van der Waals surface area (Å²) in [6, 6.07) is 4.59. The predicted molar refractivity (Wildman–Crippen MR) is 75.3 cm³/mol. The Morgan fingerprint density at radius 3 is 2.71 bits per heavy atom. The number of carbonyl (C=O) groups excluding carboxylic acids is 2. The average Bonchev–Trinajstić information content (AvgIpc) is 2.50. The maximum atomic E-state index is 11.5. The zero-order chi connectivity index (χ0) is 15.7. The Hall–Kier alpha value is -2.50. The number of aldehydes is 1. The van der Waals surface area contributed by atoms with E-state index >= 15 is 0 Å². The summed E-state index contributed by atoms with van der Waals surface area (Å²) in [6.07, 6.45) is 2.49. The summed E-state index contributed by atoms with van der Waals surface area (Å²) in [5.74, 6) is -0.490. The number of esters is 1. The fourth-order valence-corrected chi connectivity index (χ4v) is 1.35. The van der Waals surface area contributed by atoms with Gasteiger partial charge in [-0.1, -0.05) is 13.0 Å². The minimum atomic E-state index is -0.482. The lowest BCUT2D eigenvalue weighted by atomic mass is 10.3. The number of ether oxygens (including phenoxy) is 3. The van der Waals surface area contributed by atoms with Gasteiger partial charge in [0, 0.05) is 0 Å². The van der Waals surface area contributed by atoms with E-state index in [0.717, 1.165) is 6.42 Å². The van der Waals surface area contributed by atoms with E-state index in [1.807, 2.05) is 6.92 Å². The molecule has 1 N–H and O–H groups in total. The third-order valence-corrected chi connectivity index (χ3v) is 2.39. The first kappa shape index (κ1) is 16.6. The van der Waals surface area contributed by atoms with Crippen LogP contribution in [0.3, 0.4) is 0 Å². The molecule has 21 heavy (non-hydrogen) atoms. The molecule has 0 fully saturated rings.